The van der Waals surface area contributed by atoms with Gasteiger partial charge in [0.25, 0.3) is 5.88 Å². The Balaban J connectivity index is 2.11. The molecule has 1 aliphatic rings. The molecule has 2 rings (SSSR count). The minimum absolute atomic E-state index is 0.00516. The normalized spacial score (nSPS) is 16.0. The smallest absolute Gasteiger partial charge is 0.372 e. The number of hydrogen-bond donors (Lipinski definition) is 1. The quantitative estimate of drug-likeness (QED) is 0.592. The van der Waals surface area contributed by atoms with Crippen molar-refractivity contribution in [3.63, 3.8) is 0 Å². The van der Waals surface area contributed by atoms with Crippen molar-refractivity contribution in [2.45, 2.75) is 18.9 Å². The van der Waals surface area contributed by atoms with Crippen LogP contribution in [0, 0.1) is 10.1 Å². The zero-order chi connectivity index (χ0) is 15.2. The molecule has 0 aromatic carbocycles. The molecule has 9 nitrogen and oxygen atoms in total. The van der Waals surface area contributed by atoms with E-state index in [0.29, 0.717) is 19.7 Å². The Morgan fingerprint density at radius 2 is 2.19 bits per heavy atom. The van der Waals surface area contributed by atoms with Crippen LogP contribution in [0.25, 0.3) is 0 Å². The van der Waals surface area contributed by atoms with Gasteiger partial charge in [-0.3, -0.25) is 10.1 Å². The number of nitrogens with zero attached hydrogens (tertiary/aromatic N) is 4. The summed E-state index contributed by atoms with van der Waals surface area (Å²) in [5, 5.41) is 20.0. The minimum atomic E-state index is -0.525. The summed E-state index contributed by atoms with van der Waals surface area (Å²) in [7, 11) is 1.34. The number of ether oxygens (including phenoxy) is 2. The lowest BCUT2D eigenvalue weighted by molar-refractivity contribution is -0.385. The second kappa shape index (κ2) is 7.14. The second-order valence-electron chi connectivity index (χ2n) is 4.59. The molecule has 0 saturated carbocycles. The zero-order valence-electron chi connectivity index (χ0n) is 11.8. The van der Waals surface area contributed by atoms with Crippen LogP contribution in [-0.4, -0.2) is 59.5 Å². The van der Waals surface area contributed by atoms with Crippen LogP contribution >= 0.6 is 0 Å². The first-order chi connectivity index (χ1) is 10.2. The molecular formula is C12H18N4O5. The Bertz CT molecular complexity index is 491. The van der Waals surface area contributed by atoms with Gasteiger partial charge < -0.3 is 19.5 Å². The van der Waals surface area contributed by atoms with Crippen LogP contribution < -0.4 is 9.64 Å². The van der Waals surface area contributed by atoms with Crippen molar-refractivity contribution in [2.24, 2.45) is 0 Å². The molecule has 2 heterocycles. The van der Waals surface area contributed by atoms with E-state index in [1.807, 2.05) is 4.90 Å². The number of nitro groups is 1. The number of rotatable bonds is 6. The fraction of sp³-hybridized carbons (Fsp3) is 0.667. The van der Waals surface area contributed by atoms with Gasteiger partial charge in [0.05, 0.1) is 31.4 Å². The van der Waals surface area contributed by atoms with E-state index in [0.717, 1.165) is 12.8 Å². The molecule has 0 bridgehead atoms. The standard InChI is InChI=1S/C12H18N4O5/c1-20-12-10(16(18)19)11(13-8-14-12)15-4-2-9(3-5-15)21-7-6-17/h8-9,17H,2-7H2,1H3. The molecule has 1 N–H and O–H groups in total. The Morgan fingerprint density at radius 1 is 1.48 bits per heavy atom. The fourth-order valence-electron chi connectivity index (χ4n) is 2.35. The van der Waals surface area contributed by atoms with Crippen LogP contribution in [0.2, 0.25) is 0 Å². The van der Waals surface area contributed by atoms with Crippen molar-refractivity contribution in [1.82, 2.24) is 9.97 Å². The molecule has 1 aliphatic heterocycles. The van der Waals surface area contributed by atoms with Gasteiger partial charge >= 0.3 is 5.69 Å². The molecule has 0 spiro atoms. The second-order valence-corrected chi connectivity index (χ2v) is 4.59. The molecule has 0 aliphatic carbocycles. The molecule has 0 atom stereocenters. The summed E-state index contributed by atoms with van der Waals surface area (Å²) in [5.74, 6) is 0.233. The third-order valence-corrected chi connectivity index (χ3v) is 3.33. The molecule has 0 radical (unpaired) electrons. The van der Waals surface area contributed by atoms with E-state index < -0.39 is 4.92 Å². The van der Waals surface area contributed by atoms with Crippen LogP contribution in [-0.2, 0) is 4.74 Å². The number of aromatic nitrogens is 2. The largest absolute Gasteiger partial charge is 0.476 e. The van der Waals surface area contributed by atoms with Gasteiger partial charge in [0.15, 0.2) is 0 Å². The van der Waals surface area contributed by atoms with Crippen molar-refractivity contribution >= 4 is 11.5 Å². The molecule has 1 saturated heterocycles. The number of aliphatic hydroxyl groups is 1. The summed E-state index contributed by atoms with van der Waals surface area (Å²) in [5.41, 5.74) is -0.213. The van der Waals surface area contributed by atoms with Crippen LogP contribution in [0.5, 0.6) is 5.88 Å². The molecular weight excluding hydrogens is 280 g/mol. The molecule has 1 aromatic rings. The first kappa shape index (κ1) is 15.4. The SMILES string of the molecule is COc1ncnc(N2CCC(OCCO)CC2)c1[N+](=O)[O-]. The maximum absolute atomic E-state index is 11.2. The Morgan fingerprint density at radius 3 is 2.76 bits per heavy atom. The molecule has 0 unspecified atom stereocenters. The third kappa shape index (κ3) is 3.56. The number of methoxy groups -OCH3 is 1. The highest BCUT2D eigenvalue weighted by Gasteiger charge is 2.30. The molecule has 9 heteroatoms. The Labute approximate surface area is 121 Å². The highest BCUT2D eigenvalue weighted by Crippen LogP contribution is 2.34. The number of hydrogen-bond acceptors (Lipinski definition) is 8. The van der Waals surface area contributed by atoms with Crippen LogP contribution in [0.4, 0.5) is 11.5 Å². The van der Waals surface area contributed by atoms with Gasteiger partial charge in [-0.2, -0.15) is 4.98 Å². The van der Waals surface area contributed by atoms with Crippen molar-refractivity contribution in [2.75, 3.05) is 38.3 Å². The van der Waals surface area contributed by atoms with Gasteiger partial charge in [0, 0.05) is 13.1 Å². The molecule has 0 amide bonds. The minimum Gasteiger partial charge on any atom is -0.476 e. The maximum atomic E-state index is 11.2. The van der Waals surface area contributed by atoms with Gasteiger partial charge in [-0.1, -0.05) is 0 Å². The van der Waals surface area contributed by atoms with E-state index in [9.17, 15) is 10.1 Å². The van der Waals surface area contributed by atoms with E-state index in [-0.39, 0.29) is 30.1 Å². The zero-order valence-corrected chi connectivity index (χ0v) is 11.8. The Kier molecular flexibility index (Phi) is 5.23. The molecule has 1 fully saturated rings. The summed E-state index contributed by atoms with van der Waals surface area (Å²) < 4.78 is 10.4. The molecule has 1 aromatic heterocycles. The number of piperidine rings is 1. The summed E-state index contributed by atoms with van der Waals surface area (Å²) in [6.07, 6.45) is 2.78. The summed E-state index contributed by atoms with van der Waals surface area (Å²) >= 11 is 0. The predicted molar refractivity (Wildman–Crippen MR) is 73.5 cm³/mol. The highest BCUT2D eigenvalue weighted by molar-refractivity contribution is 5.62. The maximum Gasteiger partial charge on any atom is 0.372 e. The first-order valence-corrected chi connectivity index (χ1v) is 6.68. The van der Waals surface area contributed by atoms with Crippen molar-refractivity contribution in [3.05, 3.63) is 16.4 Å². The third-order valence-electron chi connectivity index (χ3n) is 3.33. The van der Waals surface area contributed by atoms with E-state index in [1.165, 1.54) is 13.4 Å². The first-order valence-electron chi connectivity index (χ1n) is 6.68. The van der Waals surface area contributed by atoms with Gasteiger partial charge in [-0.15, -0.1) is 0 Å². The summed E-state index contributed by atoms with van der Waals surface area (Å²) in [6, 6.07) is 0. The number of anilines is 1. The molecule has 21 heavy (non-hydrogen) atoms. The van der Waals surface area contributed by atoms with Crippen molar-refractivity contribution < 1.29 is 19.5 Å². The average Bonchev–Trinajstić information content (AvgIpc) is 2.52. The van der Waals surface area contributed by atoms with E-state index in [2.05, 4.69) is 9.97 Å². The van der Waals surface area contributed by atoms with Crippen LogP contribution in [0.1, 0.15) is 12.8 Å². The summed E-state index contributed by atoms with van der Waals surface area (Å²) in [6.45, 7) is 1.50. The van der Waals surface area contributed by atoms with Gasteiger partial charge in [-0.25, -0.2) is 4.98 Å². The number of aliphatic hydroxyl groups excluding tert-OH is 1. The lowest BCUT2D eigenvalue weighted by atomic mass is 10.1. The van der Waals surface area contributed by atoms with E-state index in [4.69, 9.17) is 14.6 Å². The Hall–Kier alpha value is -2.00. The van der Waals surface area contributed by atoms with E-state index in [1.54, 1.807) is 0 Å². The topological polar surface area (TPSA) is 111 Å². The highest BCUT2D eigenvalue weighted by atomic mass is 16.6. The predicted octanol–water partition coefficient (Wildman–Crippen LogP) is 0.371. The fourth-order valence-corrected chi connectivity index (χ4v) is 2.35. The summed E-state index contributed by atoms with van der Waals surface area (Å²) in [4.78, 5) is 20.3. The van der Waals surface area contributed by atoms with Crippen LogP contribution in [0.3, 0.4) is 0 Å². The van der Waals surface area contributed by atoms with E-state index >= 15 is 0 Å². The van der Waals surface area contributed by atoms with Gasteiger partial charge in [0.1, 0.15) is 6.33 Å². The van der Waals surface area contributed by atoms with Gasteiger partial charge in [-0.05, 0) is 12.8 Å². The monoisotopic (exact) mass is 298 g/mol. The average molecular weight is 298 g/mol. The lowest BCUT2D eigenvalue weighted by Crippen LogP contribution is -2.38. The lowest BCUT2D eigenvalue weighted by Gasteiger charge is -2.32. The van der Waals surface area contributed by atoms with Crippen molar-refractivity contribution in [3.8, 4) is 5.88 Å². The molecule has 116 valence electrons. The van der Waals surface area contributed by atoms with Crippen LogP contribution in [0.15, 0.2) is 6.33 Å². The van der Waals surface area contributed by atoms with Crippen molar-refractivity contribution in [1.29, 1.82) is 0 Å². The van der Waals surface area contributed by atoms with Gasteiger partial charge in [0.2, 0.25) is 5.82 Å².